The van der Waals surface area contributed by atoms with Crippen molar-refractivity contribution in [1.29, 1.82) is 0 Å². The van der Waals surface area contributed by atoms with Gasteiger partial charge in [0.1, 0.15) is 0 Å². The fourth-order valence-corrected chi connectivity index (χ4v) is 1.98. The van der Waals surface area contributed by atoms with Crippen LogP contribution < -0.4 is 10.6 Å². The minimum atomic E-state index is 0. The fraction of sp³-hybridized carbons (Fsp3) is 0.562. The van der Waals surface area contributed by atoms with Crippen LogP contribution in [-0.4, -0.2) is 19.6 Å². The minimum absolute atomic E-state index is 0. The first-order valence-electron chi connectivity index (χ1n) is 7.30. The van der Waals surface area contributed by atoms with Gasteiger partial charge in [0.2, 0.25) is 0 Å². The first-order valence-corrected chi connectivity index (χ1v) is 7.30. The minimum Gasteiger partial charge on any atom is -0.356 e. The van der Waals surface area contributed by atoms with Crippen molar-refractivity contribution in [1.82, 2.24) is 10.6 Å². The summed E-state index contributed by atoms with van der Waals surface area (Å²) in [4.78, 5) is 4.27. The Bertz CT molecular complexity index is 365. The standard InChI is InChI=1S/C16H27N3.HI/c1-4-5-6-10-13-18-16(17-3)19-14(2)15-11-8-7-9-12-15;/h7-9,11-12,14H,4-6,10,13H2,1-3H3,(H2,17,18,19);1H. The molecule has 0 saturated heterocycles. The van der Waals surface area contributed by atoms with Gasteiger partial charge in [0.25, 0.3) is 0 Å². The molecule has 0 spiro atoms. The molecule has 3 nitrogen and oxygen atoms in total. The molecule has 0 aliphatic heterocycles. The number of guanidine groups is 1. The van der Waals surface area contributed by atoms with Crippen molar-refractivity contribution < 1.29 is 0 Å². The lowest BCUT2D eigenvalue weighted by atomic mass is 10.1. The van der Waals surface area contributed by atoms with Gasteiger partial charge < -0.3 is 10.6 Å². The number of hydrogen-bond donors (Lipinski definition) is 2. The molecule has 0 radical (unpaired) electrons. The number of halogens is 1. The molecule has 1 atom stereocenters. The molecular formula is C16H28IN3. The molecule has 4 heteroatoms. The molecule has 1 aromatic carbocycles. The summed E-state index contributed by atoms with van der Waals surface area (Å²) < 4.78 is 0. The Kier molecular flexibility index (Phi) is 11.5. The maximum Gasteiger partial charge on any atom is 0.191 e. The maximum atomic E-state index is 4.27. The molecule has 0 aromatic heterocycles. The molecule has 0 bridgehead atoms. The van der Waals surface area contributed by atoms with E-state index in [0.717, 1.165) is 12.5 Å². The fourth-order valence-electron chi connectivity index (χ4n) is 1.98. The maximum absolute atomic E-state index is 4.27. The van der Waals surface area contributed by atoms with E-state index >= 15 is 0 Å². The molecule has 0 saturated carbocycles. The molecule has 0 aliphatic rings. The Labute approximate surface area is 140 Å². The van der Waals surface area contributed by atoms with Crippen molar-refractivity contribution in [2.24, 2.45) is 4.99 Å². The number of unbranched alkanes of at least 4 members (excludes halogenated alkanes) is 3. The highest BCUT2D eigenvalue weighted by molar-refractivity contribution is 14.0. The van der Waals surface area contributed by atoms with Gasteiger partial charge in [-0.25, -0.2) is 0 Å². The third-order valence-electron chi connectivity index (χ3n) is 3.20. The Morgan fingerprint density at radius 2 is 1.85 bits per heavy atom. The first kappa shape index (κ1) is 19.2. The molecular weight excluding hydrogens is 361 g/mol. The van der Waals surface area contributed by atoms with Crippen molar-refractivity contribution >= 4 is 29.9 Å². The predicted molar refractivity (Wildman–Crippen MR) is 98.9 cm³/mol. The van der Waals surface area contributed by atoms with E-state index in [1.54, 1.807) is 0 Å². The van der Waals surface area contributed by atoms with E-state index in [1.165, 1.54) is 31.2 Å². The van der Waals surface area contributed by atoms with Gasteiger partial charge in [-0.1, -0.05) is 56.5 Å². The SMILES string of the molecule is CCCCCCNC(=NC)NC(C)c1ccccc1.I. The van der Waals surface area contributed by atoms with E-state index in [-0.39, 0.29) is 30.0 Å². The Morgan fingerprint density at radius 1 is 1.15 bits per heavy atom. The predicted octanol–water partition coefficient (Wildman–Crippen LogP) is 4.11. The molecule has 0 fully saturated rings. The highest BCUT2D eigenvalue weighted by Gasteiger charge is 2.06. The van der Waals surface area contributed by atoms with Crippen LogP contribution in [0.4, 0.5) is 0 Å². The zero-order valence-corrected chi connectivity index (χ0v) is 15.2. The molecule has 0 amide bonds. The van der Waals surface area contributed by atoms with Gasteiger partial charge in [-0.2, -0.15) is 0 Å². The van der Waals surface area contributed by atoms with Crippen LogP contribution in [0.15, 0.2) is 35.3 Å². The Balaban J connectivity index is 0.00000361. The van der Waals surface area contributed by atoms with Gasteiger partial charge in [0, 0.05) is 13.6 Å². The Morgan fingerprint density at radius 3 is 2.45 bits per heavy atom. The molecule has 0 heterocycles. The van der Waals surface area contributed by atoms with Gasteiger partial charge in [-0.05, 0) is 18.9 Å². The van der Waals surface area contributed by atoms with E-state index in [2.05, 4.69) is 53.7 Å². The summed E-state index contributed by atoms with van der Waals surface area (Å²) in [5.41, 5.74) is 1.27. The third-order valence-corrected chi connectivity index (χ3v) is 3.20. The topological polar surface area (TPSA) is 36.4 Å². The second-order valence-electron chi connectivity index (χ2n) is 4.84. The van der Waals surface area contributed by atoms with Gasteiger partial charge in [0.15, 0.2) is 5.96 Å². The average Bonchev–Trinajstić information content (AvgIpc) is 2.46. The van der Waals surface area contributed by atoms with Crippen LogP contribution in [-0.2, 0) is 0 Å². The van der Waals surface area contributed by atoms with E-state index in [9.17, 15) is 0 Å². The van der Waals surface area contributed by atoms with Crippen molar-refractivity contribution in [2.45, 2.75) is 45.6 Å². The quantitative estimate of drug-likeness (QED) is 0.319. The smallest absolute Gasteiger partial charge is 0.191 e. The summed E-state index contributed by atoms with van der Waals surface area (Å²) in [7, 11) is 1.82. The van der Waals surface area contributed by atoms with E-state index in [4.69, 9.17) is 0 Å². The van der Waals surface area contributed by atoms with E-state index in [1.807, 2.05) is 13.1 Å². The van der Waals surface area contributed by atoms with Gasteiger partial charge >= 0.3 is 0 Å². The average molecular weight is 389 g/mol. The second kappa shape index (κ2) is 12.0. The van der Waals surface area contributed by atoms with Crippen molar-refractivity contribution in [3.05, 3.63) is 35.9 Å². The normalized spacial score (nSPS) is 12.4. The summed E-state index contributed by atoms with van der Waals surface area (Å²) in [6.45, 7) is 5.37. The number of hydrogen-bond acceptors (Lipinski definition) is 1. The summed E-state index contributed by atoms with van der Waals surface area (Å²) in [6, 6.07) is 10.7. The largest absolute Gasteiger partial charge is 0.356 e. The van der Waals surface area contributed by atoms with Gasteiger partial charge in [-0.3, -0.25) is 4.99 Å². The van der Waals surface area contributed by atoms with Crippen LogP contribution >= 0.6 is 24.0 Å². The highest BCUT2D eigenvalue weighted by atomic mass is 127. The summed E-state index contributed by atoms with van der Waals surface area (Å²) >= 11 is 0. The lowest BCUT2D eigenvalue weighted by Crippen LogP contribution is -2.39. The van der Waals surface area contributed by atoms with Crippen LogP contribution in [0.3, 0.4) is 0 Å². The number of nitrogens with zero attached hydrogens (tertiary/aromatic N) is 1. The summed E-state index contributed by atoms with van der Waals surface area (Å²) in [6.07, 6.45) is 5.08. The molecule has 114 valence electrons. The number of aliphatic imine (C=N–C) groups is 1. The van der Waals surface area contributed by atoms with Crippen molar-refractivity contribution in [2.75, 3.05) is 13.6 Å². The zero-order valence-electron chi connectivity index (χ0n) is 12.9. The lowest BCUT2D eigenvalue weighted by molar-refractivity contribution is 0.634. The molecule has 0 aliphatic carbocycles. The van der Waals surface area contributed by atoms with Crippen LogP contribution in [0.5, 0.6) is 0 Å². The third kappa shape index (κ3) is 7.72. The highest BCUT2D eigenvalue weighted by Crippen LogP contribution is 2.10. The van der Waals surface area contributed by atoms with Crippen molar-refractivity contribution in [3.8, 4) is 0 Å². The van der Waals surface area contributed by atoms with Crippen molar-refractivity contribution in [3.63, 3.8) is 0 Å². The lowest BCUT2D eigenvalue weighted by Gasteiger charge is -2.18. The van der Waals surface area contributed by atoms with Crippen LogP contribution in [0, 0.1) is 0 Å². The van der Waals surface area contributed by atoms with Gasteiger partial charge in [0.05, 0.1) is 6.04 Å². The second-order valence-corrected chi connectivity index (χ2v) is 4.84. The monoisotopic (exact) mass is 389 g/mol. The van der Waals surface area contributed by atoms with Crippen LogP contribution in [0.25, 0.3) is 0 Å². The molecule has 1 aromatic rings. The molecule has 20 heavy (non-hydrogen) atoms. The first-order chi connectivity index (χ1) is 9.27. The Hall–Kier alpha value is -0.780. The van der Waals surface area contributed by atoms with Gasteiger partial charge in [-0.15, -0.1) is 24.0 Å². The summed E-state index contributed by atoms with van der Waals surface area (Å²) in [5.74, 6) is 0.882. The summed E-state index contributed by atoms with van der Waals surface area (Å²) in [5, 5.41) is 6.78. The zero-order chi connectivity index (χ0) is 13.9. The molecule has 1 unspecified atom stereocenters. The number of benzene rings is 1. The number of nitrogens with one attached hydrogen (secondary N) is 2. The van der Waals surface area contributed by atoms with Crippen LogP contribution in [0.2, 0.25) is 0 Å². The van der Waals surface area contributed by atoms with Crippen LogP contribution in [0.1, 0.15) is 51.1 Å². The molecule has 1 rings (SSSR count). The number of rotatable bonds is 7. The van der Waals surface area contributed by atoms with E-state index < -0.39 is 0 Å². The molecule has 2 N–H and O–H groups in total. The van der Waals surface area contributed by atoms with E-state index in [0.29, 0.717) is 0 Å².